The summed E-state index contributed by atoms with van der Waals surface area (Å²) in [7, 11) is 0. The average molecular weight is 441 g/mol. The molecule has 3 amide bonds. The van der Waals surface area contributed by atoms with Gasteiger partial charge in [-0.1, -0.05) is 6.07 Å². The van der Waals surface area contributed by atoms with Gasteiger partial charge in [-0.3, -0.25) is 19.8 Å². The number of amides is 3. The zero-order valence-corrected chi connectivity index (χ0v) is 17.1. The molecule has 0 bridgehead atoms. The van der Waals surface area contributed by atoms with Crippen molar-refractivity contribution in [2.24, 2.45) is 0 Å². The van der Waals surface area contributed by atoms with Crippen LogP contribution in [-0.4, -0.2) is 40.9 Å². The van der Waals surface area contributed by atoms with E-state index in [0.717, 1.165) is 10.5 Å². The number of hydrogen-bond acceptors (Lipinski definition) is 8. The van der Waals surface area contributed by atoms with Gasteiger partial charge in [0.1, 0.15) is 11.3 Å². The molecule has 2 aromatic carbocycles. The van der Waals surface area contributed by atoms with Crippen LogP contribution < -0.4 is 19.5 Å². The molecular weight excluding hydrogens is 422 g/mol. The molecule has 1 atom stereocenters. The summed E-state index contributed by atoms with van der Waals surface area (Å²) in [6.45, 7) is 1.75. The Morgan fingerprint density at radius 1 is 1.12 bits per heavy atom. The van der Waals surface area contributed by atoms with E-state index in [4.69, 9.17) is 18.9 Å². The second-order valence-electron chi connectivity index (χ2n) is 7.98. The fraction of sp³-hybridized carbons (Fsp3) is 0.333. The molecule has 1 saturated heterocycles. The second kappa shape index (κ2) is 7.38. The Morgan fingerprint density at radius 3 is 2.75 bits per heavy atom. The van der Waals surface area contributed by atoms with Crippen molar-refractivity contribution in [3.05, 3.63) is 57.1 Å². The van der Waals surface area contributed by atoms with E-state index in [-0.39, 0.29) is 38.8 Å². The van der Waals surface area contributed by atoms with E-state index in [1.807, 2.05) is 6.07 Å². The molecule has 11 heteroatoms. The molecule has 32 heavy (non-hydrogen) atoms. The third kappa shape index (κ3) is 3.36. The zero-order chi connectivity index (χ0) is 22.5. The third-order valence-electron chi connectivity index (χ3n) is 5.65. The van der Waals surface area contributed by atoms with Gasteiger partial charge >= 0.3 is 6.03 Å². The predicted molar refractivity (Wildman–Crippen MR) is 107 cm³/mol. The van der Waals surface area contributed by atoms with Gasteiger partial charge in [0.05, 0.1) is 18.1 Å². The molecule has 11 nitrogen and oxygen atoms in total. The first kappa shape index (κ1) is 20.1. The summed E-state index contributed by atoms with van der Waals surface area (Å²) >= 11 is 0. The first-order valence-electron chi connectivity index (χ1n) is 9.87. The lowest BCUT2D eigenvalue weighted by molar-refractivity contribution is -0.385. The van der Waals surface area contributed by atoms with Crippen molar-refractivity contribution in [3.63, 3.8) is 0 Å². The molecule has 5 rings (SSSR count). The van der Waals surface area contributed by atoms with Crippen molar-refractivity contribution in [2.45, 2.75) is 32.0 Å². The molecule has 0 spiro atoms. The van der Waals surface area contributed by atoms with Crippen LogP contribution in [0.25, 0.3) is 0 Å². The molecular formula is C21H19N3O8. The van der Waals surface area contributed by atoms with Gasteiger partial charge in [-0.25, -0.2) is 4.79 Å². The molecule has 1 fully saturated rings. The van der Waals surface area contributed by atoms with Gasteiger partial charge in [0.2, 0.25) is 6.79 Å². The molecule has 0 radical (unpaired) electrons. The third-order valence-corrected chi connectivity index (χ3v) is 5.65. The van der Waals surface area contributed by atoms with Crippen molar-refractivity contribution in [1.82, 2.24) is 10.2 Å². The highest BCUT2D eigenvalue weighted by Gasteiger charge is 2.48. The first-order valence-corrected chi connectivity index (χ1v) is 9.87. The minimum absolute atomic E-state index is 0.0141. The highest BCUT2D eigenvalue weighted by molar-refractivity contribution is 6.07. The van der Waals surface area contributed by atoms with E-state index in [9.17, 15) is 19.7 Å². The van der Waals surface area contributed by atoms with Crippen LogP contribution in [0.3, 0.4) is 0 Å². The zero-order valence-electron chi connectivity index (χ0n) is 17.1. The minimum Gasteiger partial charge on any atom is -0.467 e. The fourth-order valence-corrected chi connectivity index (χ4v) is 4.14. The highest BCUT2D eigenvalue weighted by Crippen LogP contribution is 2.36. The average Bonchev–Trinajstić information content (AvgIpc) is 3.31. The Labute approximate surface area is 181 Å². The van der Waals surface area contributed by atoms with E-state index in [1.165, 1.54) is 12.1 Å². The molecule has 2 aromatic rings. The van der Waals surface area contributed by atoms with E-state index >= 15 is 0 Å². The van der Waals surface area contributed by atoms with Crippen LogP contribution in [0.1, 0.15) is 23.6 Å². The summed E-state index contributed by atoms with van der Waals surface area (Å²) in [6.07, 6.45) is 0.238. The van der Waals surface area contributed by atoms with Crippen LogP contribution in [0.2, 0.25) is 0 Å². The predicted octanol–water partition coefficient (Wildman–Crippen LogP) is 2.24. The first-order chi connectivity index (χ1) is 15.3. The minimum atomic E-state index is -1.18. The molecule has 3 heterocycles. The maximum atomic E-state index is 13.3. The SMILES string of the molecule is CC1(Cc2ccc3c(c2)OCO3)NC(=O)N(Cc2cc([N+](=O)[O-])cc3c2OCOC3)C1=O. The lowest BCUT2D eigenvalue weighted by atomic mass is 9.92. The smallest absolute Gasteiger partial charge is 0.325 e. The number of benzene rings is 2. The summed E-state index contributed by atoms with van der Waals surface area (Å²) in [4.78, 5) is 37.8. The van der Waals surface area contributed by atoms with Crippen LogP contribution >= 0.6 is 0 Å². The van der Waals surface area contributed by atoms with Gasteiger partial charge in [-0.15, -0.1) is 0 Å². The number of nitro benzene ring substituents is 1. The van der Waals surface area contributed by atoms with Crippen LogP contribution in [0.4, 0.5) is 10.5 Å². The number of carbonyl (C=O) groups is 2. The summed E-state index contributed by atoms with van der Waals surface area (Å²) < 4.78 is 21.4. The van der Waals surface area contributed by atoms with Gasteiger partial charge in [0.15, 0.2) is 18.3 Å². The van der Waals surface area contributed by atoms with Gasteiger partial charge in [-0.05, 0) is 24.6 Å². The number of non-ortho nitro benzene ring substituents is 1. The Balaban J connectivity index is 1.41. The van der Waals surface area contributed by atoms with Gasteiger partial charge in [-0.2, -0.15) is 0 Å². The maximum absolute atomic E-state index is 13.3. The monoisotopic (exact) mass is 441 g/mol. The Hall–Kier alpha value is -3.86. The number of nitrogens with one attached hydrogen (secondary N) is 1. The Morgan fingerprint density at radius 2 is 1.94 bits per heavy atom. The van der Waals surface area contributed by atoms with Gasteiger partial charge in [0, 0.05) is 29.7 Å². The summed E-state index contributed by atoms with van der Waals surface area (Å²) in [6, 6.07) is 7.46. The van der Waals surface area contributed by atoms with E-state index in [1.54, 1.807) is 19.1 Å². The van der Waals surface area contributed by atoms with Gasteiger partial charge < -0.3 is 24.3 Å². The van der Waals surface area contributed by atoms with Crippen LogP contribution in [0.5, 0.6) is 17.2 Å². The number of carbonyl (C=O) groups excluding carboxylic acids is 2. The molecule has 1 N–H and O–H groups in total. The summed E-state index contributed by atoms with van der Waals surface area (Å²) in [5.74, 6) is 1.17. The fourth-order valence-electron chi connectivity index (χ4n) is 4.14. The summed E-state index contributed by atoms with van der Waals surface area (Å²) in [5, 5.41) is 14.1. The largest absolute Gasteiger partial charge is 0.467 e. The number of imide groups is 1. The summed E-state index contributed by atoms with van der Waals surface area (Å²) in [5.41, 5.74) is 0.308. The van der Waals surface area contributed by atoms with Crippen LogP contribution in [0.15, 0.2) is 30.3 Å². The topological polar surface area (TPSA) is 129 Å². The molecule has 0 aromatic heterocycles. The number of hydrogen-bond donors (Lipinski definition) is 1. The maximum Gasteiger partial charge on any atom is 0.325 e. The van der Waals surface area contributed by atoms with E-state index < -0.39 is 22.4 Å². The van der Waals surface area contributed by atoms with Crippen molar-refractivity contribution in [2.75, 3.05) is 13.6 Å². The molecule has 0 saturated carbocycles. The lowest BCUT2D eigenvalue weighted by Crippen LogP contribution is -2.45. The van der Waals surface area contributed by atoms with E-state index in [2.05, 4.69) is 5.32 Å². The molecule has 3 aliphatic heterocycles. The number of rotatable bonds is 5. The van der Waals surface area contributed by atoms with Crippen LogP contribution in [0, 0.1) is 10.1 Å². The lowest BCUT2D eigenvalue weighted by Gasteiger charge is -2.24. The number of fused-ring (bicyclic) bond motifs is 2. The Bertz CT molecular complexity index is 1150. The van der Waals surface area contributed by atoms with Crippen molar-refractivity contribution in [3.8, 4) is 17.2 Å². The molecule has 3 aliphatic rings. The van der Waals surface area contributed by atoms with E-state index in [0.29, 0.717) is 28.4 Å². The number of urea groups is 1. The number of nitro groups is 1. The van der Waals surface area contributed by atoms with Crippen molar-refractivity contribution >= 4 is 17.6 Å². The number of nitrogens with zero attached hydrogens (tertiary/aromatic N) is 2. The second-order valence-corrected chi connectivity index (χ2v) is 7.98. The van der Waals surface area contributed by atoms with Crippen molar-refractivity contribution in [1.29, 1.82) is 0 Å². The highest BCUT2D eigenvalue weighted by atomic mass is 16.7. The molecule has 1 unspecified atom stereocenters. The molecule has 166 valence electrons. The number of ether oxygens (including phenoxy) is 4. The van der Waals surface area contributed by atoms with Crippen molar-refractivity contribution < 1.29 is 33.5 Å². The molecule has 0 aliphatic carbocycles. The van der Waals surface area contributed by atoms with Crippen LogP contribution in [-0.2, 0) is 29.1 Å². The quantitative estimate of drug-likeness (QED) is 0.425. The Kier molecular flexibility index (Phi) is 4.63. The normalized spacial score (nSPS) is 21.2. The van der Waals surface area contributed by atoms with Gasteiger partial charge in [0.25, 0.3) is 11.6 Å². The standard InChI is InChI=1S/C21H19N3O8/c1-21(7-12-2-3-16-17(4-12)31-11-30-16)19(25)23(20(26)22-21)8-13-5-15(24(27)28)6-14-9-29-10-32-18(13)14/h2-6H,7-11H2,1H3,(H,22,26).